The van der Waals surface area contributed by atoms with Crippen LogP contribution in [0.3, 0.4) is 0 Å². The first-order chi connectivity index (χ1) is 44.8. The predicted octanol–water partition coefficient (Wildman–Crippen LogP) is 6.20. The fourth-order valence-electron chi connectivity index (χ4n) is 10.6. The van der Waals surface area contributed by atoms with E-state index >= 15 is 0 Å². The first-order valence-corrected chi connectivity index (χ1v) is 30.5. The maximum absolute atomic E-state index is 12.9. The van der Waals surface area contributed by atoms with Crippen molar-refractivity contribution in [2.75, 3.05) is 103 Å². The summed E-state index contributed by atoms with van der Waals surface area (Å²) < 4.78 is 0. The van der Waals surface area contributed by atoms with Crippen LogP contribution in [0, 0.1) is 41.5 Å². The summed E-state index contributed by atoms with van der Waals surface area (Å²) in [4.78, 5) is 126. The molecule has 4 amide bonds. The minimum absolute atomic E-state index is 0.0839. The molecule has 3 saturated heterocycles. The lowest BCUT2D eigenvalue weighted by Gasteiger charge is -2.37. The Hall–Kier alpha value is -10.9. The van der Waals surface area contributed by atoms with Crippen LogP contribution in [0.1, 0.15) is 86.4 Å². The maximum atomic E-state index is 12.9. The third kappa shape index (κ3) is 17.1. The Kier molecular flexibility index (Phi) is 20.9. The highest BCUT2D eigenvalue weighted by atomic mass is 16.2. The molecule has 3 aliphatic heterocycles. The molecule has 478 valence electrons. The molecule has 2 atom stereocenters. The van der Waals surface area contributed by atoms with Crippen LogP contribution in [-0.2, 0) is 4.79 Å². The Balaban J connectivity index is 0.000000153. The molecule has 28 heteroatoms. The van der Waals surface area contributed by atoms with Crippen molar-refractivity contribution in [1.29, 1.82) is 0 Å². The molecule has 0 bridgehead atoms. The third-order valence-electron chi connectivity index (χ3n) is 15.3. The molecule has 12 rings (SSSR count). The van der Waals surface area contributed by atoms with E-state index in [4.69, 9.17) is 0 Å². The largest absolute Gasteiger partial charge is 0.354 e. The summed E-state index contributed by atoms with van der Waals surface area (Å²) in [5.41, 5.74) is 5.17. The monoisotopic (exact) mass is 1250 g/mol. The Morgan fingerprint density at radius 1 is 0.409 bits per heavy atom. The number of nitrogens with one attached hydrogen (secondary N) is 4. The molecule has 12 heterocycles. The number of rotatable bonds is 12. The molecule has 93 heavy (non-hydrogen) atoms. The summed E-state index contributed by atoms with van der Waals surface area (Å²) in [6, 6.07) is 28.2. The van der Waals surface area contributed by atoms with Gasteiger partial charge in [0.2, 0.25) is 23.8 Å². The number of anilines is 6. The quantitative estimate of drug-likeness (QED) is 0.106. The van der Waals surface area contributed by atoms with E-state index in [1.165, 1.54) is 0 Å². The molecule has 0 saturated carbocycles. The second-order valence-corrected chi connectivity index (χ2v) is 22.7. The number of carbonyl (C=O) groups is 4. The van der Waals surface area contributed by atoms with Crippen molar-refractivity contribution in [2.24, 2.45) is 0 Å². The van der Waals surface area contributed by atoms with Gasteiger partial charge in [0, 0.05) is 103 Å². The van der Waals surface area contributed by atoms with Crippen LogP contribution in [-0.4, -0.2) is 193 Å². The Morgan fingerprint density at radius 2 is 0.742 bits per heavy atom. The van der Waals surface area contributed by atoms with Gasteiger partial charge in [-0.3, -0.25) is 50.1 Å². The molecule has 0 aliphatic carbocycles. The van der Waals surface area contributed by atoms with E-state index in [1.54, 1.807) is 77.5 Å². The van der Waals surface area contributed by atoms with E-state index in [2.05, 4.69) is 137 Å². The second-order valence-electron chi connectivity index (χ2n) is 22.7. The van der Waals surface area contributed by atoms with Crippen LogP contribution in [0.25, 0.3) is 34.6 Å². The SMILES string of the molecule is CC(=O)N1CCN(c2ccc(C(=O)Nc3nc(C)nc(-c4ccccn4)n3)c(C)n2)CC1.Cc1nc(NC(=O)c2ccc(N3CCN(C)CC3)nc2C)nc(-c2ccccn2)n1.Cc1nc(NC(=O)c2ccc(N3C[C@@H](C)N[C@@H](C)C3)nc2C)nc(-c2ccccn2)n1. The minimum atomic E-state index is -0.347. The number of amides is 4. The number of piperazine rings is 3. The van der Waals surface area contributed by atoms with Gasteiger partial charge in [-0.05, 0) is 135 Å². The van der Waals surface area contributed by atoms with Crippen molar-refractivity contribution < 1.29 is 19.2 Å². The zero-order valence-corrected chi connectivity index (χ0v) is 53.7. The van der Waals surface area contributed by atoms with Gasteiger partial charge in [0.25, 0.3) is 17.7 Å². The van der Waals surface area contributed by atoms with Crippen LogP contribution in [0.2, 0.25) is 0 Å². The molecule has 3 fully saturated rings. The van der Waals surface area contributed by atoms with E-state index in [-0.39, 0.29) is 41.5 Å². The zero-order chi connectivity index (χ0) is 65.7. The molecule has 4 N–H and O–H groups in total. The minimum Gasteiger partial charge on any atom is -0.354 e. The number of hydrogen-bond donors (Lipinski definition) is 4. The predicted molar refractivity (Wildman–Crippen MR) is 353 cm³/mol. The Bertz CT molecular complexity index is 4110. The van der Waals surface area contributed by atoms with Gasteiger partial charge in [-0.1, -0.05) is 18.2 Å². The number of carbonyl (C=O) groups excluding carboxylic acids is 4. The van der Waals surface area contributed by atoms with Crippen molar-refractivity contribution in [3.05, 3.63) is 161 Å². The first kappa shape index (κ1) is 65.1. The van der Waals surface area contributed by atoms with Gasteiger partial charge in [0.05, 0.1) is 33.8 Å². The van der Waals surface area contributed by atoms with Gasteiger partial charge in [-0.15, -0.1) is 0 Å². The third-order valence-corrected chi connectivity index (χ3v) is 15.3. The van der Waals surface area contributed by atoms with Gasteiger partial charge in [0.1, 0.15) is 52.0 Å². The number of aromatic nitrogens is 15. The molecule has 0 aromatic carbocycles. The highest BCUT2D eigenvalue weighted by Crippen LogP contribution is 2.24. The molecule has 0 radical (unpaired) electrons. The Labute approximate surface area is 538 Å². The van der Waals surface area contributed by atoms with Crippen LogP contribution >= 0.6 is 0 Å². The van der Waals surface area contributed by atoms with Crippen LogP contribution in [0.4, 0.5) is 35.3 Å². The Morgan fingerprint density at radius 3 is 1.05 bits per heavy atom. The van der Waals surface area contributed by atoms with Gasteiger partial charge >= 0.3 is 0 Å². The zero-order valence-electron chi connectivity index (χ0n) is 53.7. The molecule has 0 unspecified atom stereocenters. The smallest absolute Gasteiger partial charge is 0.259 e. The van der Waals surface area contributed by atoms with Crippen molar-refractivity contribution >= 4 is 58.9 Å². The van der Waals surface area contributed by atoms with E-state index in [0.29, 0.717) is 124 Å². The second kappa shape index (κ2) is 29.8. The highest BCUT2D eigenvalue weighted by molar-refractivity contribution is 6.05. The molecular weight excluding hydrogens is 1180 g/mol. The lowest BCUT2D eigenvalue weighted by atomic mass is 10.1. The first-order valence-electron chi connectivity index (χ1n) is 30.5. The van der Waals surface area contributed by atoms with Crippen LogP contribution < -0.4 is 36.0 Å². The number of likely N-dealkylation sites (N-methyl/N-ethyl adjacent to an activating group) is 1. The summed E-state index contributed by atoms with van der Waals surface area (Å²) in [6.07, 6.45) is 5.00. The number of nitrogens with zero attached hydrogens (tertiary/aromatic N) is 20. The number of aryl methyl sites for hydroxylation is 6. The molecule has 9 aromatic rings. The van der Waals surface area contributed by atoms with Gasteiger partial charge in [-0.25, -0.2) is 29.9 Å². The van der Waals surface area contributed by atoms with Crippen molar-refractivity contribution in [2.45, 2.75) is 74.4 Å². The lowest BCUT2D eigenvalue weighted by Crippen LogP contribution is -2.54. The lowest BCUT2D eigenvalue weighted by molar-refractivity contribution is -0.129. The van der Waals surface area contributed by atoms with Crippen molar-refractivity contribution in [1.82, 2.24) is 89.9 Å². The topological polar surface area (TPSA) is 326 Å². The standard InChI is InChI=1S/C22H24N8O2.C22H26N8O.C21H24N8O/c1-14-17(7-8-19(24-14)30-12-10-29(11-13-30)16(3)31)21(32)28-22-26-15(2)25-20(27-22)18-6-4-5-9-23-18;1-13-11-30(12-14(2)24-13)19-9-8-17(15(3)25-19)21(31)29-22-27-16(4)26-20(28-22)18-7-5-6-10-23-18;1-14-16(7-8-18(23-14)29-12-10-28(3)11-13-29)20(30)27-21-25-15(2)24-19(26-21)17-6-4-5-9-22-17/h4-9H,10-13H2,1-3H3,(H,25,26,27,28,32);5-10,13-14,24H,11-12H2,1-4H3,(H,26,27,28,29,31);4-9H,10-13H2,1-3H3,(H,24,25,26,27,30)/t;13-,14+;. The van der Waals surface area contributed by atoms with Crippen molar-refractivity contribution in [3.63, 3.8) is 0 Å². The number of hydrogen-bond acceptors (Lipinski definition) is 24. The summed E-state index contributed by atoms with van der Waals surface area (Å²) in [5, 5.41) is 11.8. The fourth-order valence-corrected chi connectivity index (χ4v) is 10.6. The molecule has 9 aromatic heterocycles. The number of pyridine rings is 6. The average molecular weight is 1260 g/mol. The van der Waals surface area contributed by atoms with E-state index < -0.39 is 0 Å². The molecule has 3 aliphatic rings. The maximum Gasteiger partial charge on any atom is 0.259 e. The van der Waals surface area contributed by atoms with Crippen LogP contribution in [0.5, 0.6) is 0 Å². The highest BCUT2D eigenvalue weighted by Gasteiger charge is 2.26. The summed E-state index contributed by atoms with van der Waals surface area (Å²) in [5.74, 6) is 4.92. The summed E-state index contributed by atoms with van der Waals surface area (Å²) in [7, 11) is 2.12. The van der Waals surface area contributed by atoms with E-state index in [9.17, 15) is 19.2 Å². The molecule has 28 nitrogen and oxygen atoms in total. The van der Waals surface area contributed by atoms with E-state index in [0.717, 1.165) is 56.7 Å². The van der Waals surface area contributed by atoms with Gasteiger partial charge in [0.15, 0.2) is 17.5 Å². The van der Waals surface area contributed by atoms with Crippen molar-refractivity contribution in [3.8, 4) is 34.6 Å². The van der Waals surface area contributed by atoms with Crippen LogP contribution in [0.15, 0.2) is 110 Å². The molecule has 0 spiro atoms. The molecular formula is C65H74N24O4. The summed E-state index contributed by atoms with van der Waals surface area (Å²) >= 11 is 0. The van der Waals surface area contributed by atoms with E-state index in [1.807, 2.05) is 85.5 Å². The summed E-state index contributed by atoms with van der Waals surface area (Å²) in [6.45, 7) is 25.0. The van der Waals surface area contributed by atoms with Gasteiger partial charge in [-0.2, -0.15) is 29.9 Å². The normalized spacial score (nSPS) is 15.6. The fraction of sp³-hybridized carbons (Fsp3) is 0.338. The average Bonchev–Trinajstić information content (AvgIpc) is 2.82. The van der Waals surface area contributed by atoms with Gasteiger partial charge < -0.3 is 29.8 Å².